The number of benzene rings is 1. The second-order valence-corrected chi connectivity index (χ2v) is 5.97. The highest BCUT2D eigenvalue weighted by Gasteiger charge is 2.41. The van der Waals surface area contributed by atoms with Crippen LogP contribution >= 0.6 is 0 Å². The molecule has 1 aliphatic heterocycles. The van der Waals surface area contributed by atoms with Crippen molar-refractivity contribution in [3.05, 3.63) is 48.0 Å². The largest absolute Gasteiger partial charge is 0.278 e. The number of aryl methyl sites for hydroxylation is 1. The Balaban J connectivity index is 2.21. The first-order chi connectivity index (χ1) is 10.0. The van der Waals surface area contributed by atoms with Gasteiger partial charge in [-0.15, -0.1) is 6.58 Å². The topological polar surface area (TPSA) is 37.4 Å². The molecule has 2 rings (SSSR count). The van der Waals surface area contributed by atoms with Crippen LogP contribution < -0.4 is 0 Å². The van der Waals surface area contributed by atoms with E-state index >= 15 is 0 Å². The molecular weight excluding hydrogens is 262 g/mol. The zero-order chi connectivity index (χ0) is 15.5. The van der Waals surface area contributed by atoms with Crippen LogP contribution in [0.5, 0.6) is 0 Å². The quantitative estimate of drug-likeness (QED) is 0.626. The summed E-state index contributed by atoms with van der Waals surface area (Å²) in [5, 5.41) is 0. The predicted molar refractivity (Wildman–Crippen MR) is 84.0 cm³/mol. The molecule has 3 nitrogen and oxygen atoms in total. The van der Waals surface area contributed by atoms with E-state index in [1.807, 2.05) is 31.2 Å². The SMILES string of the molecule is C=CC[C@]1(C)CCCN(C(=O)c2ccc(CC)cc2)C1=O. The van der Waals surface area contributed by atoms with Gasteiger partial charge in [0.1, 0.15) is 0 Å². The number of hydrogen-bond acceptors (Lipinski definition) is 2. The van der Waals surface area contributed by atoms with Gasteiger partial charge >= 0.3 is 0 Å². The molecule has 0 bridgehead atoms. The minimum absolute atomic E-state index is 0.0711. The lowest BCUT2D eigenvalue weighted by atomic mass is 9.78. The lowest BCUT2D eigenvalue weighted by Crippen LogP contribution is -2.49. The summed E-state index contributed by atoms with van der Waals surface area (Å²) in [4.78, 5) is 26.6. The lowest BCUT2D eigenvalue weighted by Gasteiger charge is -2.37. The highest BCUT2D eigenvalue weighted by atomic mass is 16.2. The van der Waals surface area contributed by atoms with Gasteiger partial charge in [0, 0.05) is 12.1 Å². The molecule has 0 spiro atoms. The van der Waals surface area contributed by atoms with E-state index in [4.69, 9.17) is 0 Å². The van der Waals surface area contributed by atoms with Gasteiger partial charge in [-0.1, -0.05) is 32.1 Å². The average Bonchev–Trinajstić information content (AvgIpc) is 2.50. The van der Waals surface area contributed by atoms with Crippen LogP contribution in [0.3, 0.4) is 0 Å². The molecule has 0 N–H and O–H groups in total. The molecule has 0 aliphatic carbocycles. The number of allylic oxidation sites excluding steroid dienone is 1. The number of piperidine rings is 1. The maximum atomic E-state index is 12.6. The Morgan fingerprint density at radius 3 is 2.62 bits per heavy atom. The van der Waals surface area contributed by atoms with Gasteiger partial charge in [-0.05, 0) is 43.4 Å². The summed E-state index contributed by atoms with van der Waals surface area (Å²) in [6.07, 6.45) is 4.99. The van der Waals surface area contributed by atoms with Crippen LogP contribution in [0.25, 0.3) is 0 Å². The van der Waals surface area contributed by atoms with E-state index in [9.17, 15) is 9.59 Å². The summed E-state index contributed by atoms with van der Waals surface area (Å²) >= 11 is 0. The Hall–Kier alpha value is -1.90. The molecule has 0 radical (unpaired) electrons. The van der Waals surface area contributed by atoms with Crippen molar-refractivity contribution < 1.29 is 9.59 Å². The number of nitrogens with zero attached hydrogens (tertiary/aromatic N) is 1. The van der Waals surface area contributed by atoms with E-state index in [0.717, 1.165) is 19.3 Å². The van der Waals surface area contributed by atoms with Crippen LogP contribution in [0.2, 0.25) is 0 Å². The summed E-state index contributed by atoms with van der Waals surface area (Å²) in [6.45, 7) is 8.24. The number of carbonyl (C=O) groups is 2. The molecule has 0 unspecified atom stereocenters. The van der Waals surface area contributed by atoms with Crippen molar-refractivity contribution in [3.63, 3.8) is 0 Å². The Morgan fingerprint density at radius 2 is 2.05 bits per heavy atom. The highest BCUT2D eigenvalue weighted by Crippen LogP contribution is 2.35. The van der Waals surface area contributed by atoms with E-state index in [2.05, 4.69) is 13.5 Å². The smallest absolute Gasteiger partial charge is 0.260 e. The van der Waals surface area contributed by atoms with Crippen LogP contribution in [0.4, 0.5) is 0 Å². The highest BCUT2D eigenvalue weighted by molar-refractivity contribution is 6.06. The summed E-state index contributed by atoms with van der Waals surface area (Å²) in [7, 11) is 0. The van der Waals surface area contributed by atoms with Crippen molar-refractivity contribution in [1.82, 2.24) is 4.90 Å². The van der Waals surface area contributed by atoms with Crippen molar-refractivity contribution in [2.45, 2.75) is 39.5 Å². The fourth-order valence-electron chi connectivity index (χ4n) is 2.90. The monoisotopic (exact) mass is 285 g/mol. The zero-order valence-electron chi connectivity index (χ0n) is 12.9. The summed E-state index contributed by atoms with van der Waals surface area (Å²) in [5.41, 5.74) is 1.29. The average molecular weight is 285 g/mol. The molecule has 0 aromatic heterocycles. The van der Waals surface area contributed by atoms with Gasteiger partial charge < -0.3 is 0 Å². The van der Waals surface area contributed by atoms with Gasteiger partial charge in [0.05, 0.1) is 5.41 Å². The van der Waals surface area contributed by atoms with Crippen LogP contribution in [-0.4, -0.2) is 23.3 Å². The van der Waals surface area contributed by atoms with Gasteiger partial charge in [-0.3, -0.25) is 14.5 Å². The fourth-order valence-corrected chi connectivity index (χ4v) is 2.90. The number of carbonyl (C=O) groups excluding carboxylic acids is 2. The minimum Gasteiger partial charge on any atom is -0.278 e. The van der Waals surface area contributed by atoms with Crippen molar-refractivity contribution >= 4 is 11.8 Å². The molecular formula is C18H23NO2. The molecule has 1 saturated heterocycles. The zero-order valence-corrected chi connectivity index (χ0v) is 12.9. The maximum Gasteiger partial charge on any atom is 0.260 e. The first kappa shape index (κ1) is 15.5. The number of amides is 2. The first-order valence-electron chi connectivity index (χ1n) is 7.58. The Kier molecular flexibility index (Phi) is 4.61. The molecule has 1 aliphatic rings. The molecule has 1 aromatic rings. The van der Waals surface area contributed by atoms with Crippen molar-refractivity contribution in [3.8, 4) is 0 Å². The van der Waals surface area contributed by atoms with Gasteiger partial charge in [-0.2, -0.15) is 0 Å². The number of hydrogen-bond donors (Lipinski definition) is 0. The van der Waals surface area contributed by atoms with Crippen LogP contribution in [0.15, 0.2) is 36.9 Å². The van der Waals surface area contributed by atoms with E-state index in [-0.39, 0.29) is 11.8 Å². The predicted octanol–water partition coefficient (Wildman–Crippen LogP) is 3.59. The van der Waals surface area contributed by atoms with Crippen molar-refractivity contribution in [2.75, 3.05) is 6.54 Å². The van der Waals surface area contributed by atoms with Gasteiger partial charge in [0.15, 0.2) is 0 Å². The third-order valence-corrected chi connectivity index (χ3v) is 4.32. The maximum absolute atomic E-state index is 12.6. The molecule has 3 heteroatoms. The molecule has 0 saturated carbocycles. The Bertz CT molecular complexity index is 547. The van der Waals surface area contributed by atoms with Gasteiger partial charge in [-0.25, -0.2) is 0 Å². The van der Waals surface area contributed by atoms with E-state index < -0.39 is 5.41 Å². The van der Waals surface area contributed by atoms with Gasteiger partial charge in [0.2, 0.25) is 5.91 Å². The van der Waals surface area contributed by atoms with Crippen molar-refractivity contribution in [2.24, 2.45) is 5.41 Å². The second kappa shape index (κ2) is 6.25. The summed E-state index contributed by atoms with van der Waals surface area (Å²) in [6, 6.07) is 7.52. The lowest BCUT2D eigenvalue weighted by molar-refractivity contribution is -0.141. The standard InChI is InChI=1S/C18H23NO2/c1-4-11-18(3)12-6-13-19(17(18)21)16(20)15-9-7-14(5-2)8-10-15/h4,7-10H,1,5-6,11-13H2,2-3H3/t18-/m1/s1. The summed E-state index contributed by atoms with van der Waals surface area (Å²) in [5.74, 6) is -0.254. The molecule has 1 fully saturated rings. The number of rotatable bonds is 4. The molecule has 112 valence electrons. The van der Waals surface area contributed by atoms with Crippen LogP contribution in [0, 0.1) is 5.41 Å². The molecule has 1 heterocycles. The Morgan fingerprint density at radius 1 is 1.38 bits per heavy atom. The molecule has 21 heavy (non-hydrogen) atoms. The molecule has 2 amide bonds. The van der Waals surface area contributed by atoms with Crippen LogP contribution in [0.1, 0.15) is 49.0 Å². The summed E-state index contributed by atoms with van der Waals surface area (Å²) < 4.78 is 0. The van der Waals surface area contributed by atoms with E-state index in [1.54, 1.807) is 6.08 Å². The normalized spacial score (nSPS) is 22.2. The third kappa shape index (κ3) is 3.07. The van der Waals surface area contributed by atoms with E-state index in [0.29, 0.717) is 18.5 Å². The second-order valence-electron chi connectivity index (χ2n) is 5.97. The third-order valence-electron chi connectivity index (χ3n) is 4.32. The van der Waals surface area contributed by atoms with Crippen LogP contribution in [-0.2, 0) is 11.2 Å². The van der Waals surface area contributed by atoms with Crippen molar-refractivity contribution in [1.29, 1.82) is 0 Å². The molecule has 1 aromatic carbocycles. The number of likely N-dealkylation sites (tertiary alicyclic amines) is 1. The Labute approximate surface area is 126 Å². The van der Waals surface area contributed by atoms with E-state index in [1.165, 1.54) is 10.5 Å². The van der Waals surface area contributed by atoms with Gasteiger partial charge in [0.25, 0.3) is 5.91 Å². The fraction of sp³-hybridized carbons (Fsp3) is 0.444. The number of imide groups is 1. The molecule has 1 atom stereocenters. The first-order valence-corrected chi connectivity index (χ1v) is 7.58. The minimum atomic E-state index is -0.487.